The van der Waals surface area contributed by atoms with E-state index in [4.69, 9.17) is 0 Å². The van der Waals surface area contributed by atoms with Gasteiger partial charge in [0.1, 0.15) is 0 Å². The number of hydrogen-bond donors (Lipinski definition) is 1. The second-order valence-electron chi connectivity index (χ2n) is 3.79. The smallest absolute Gasteiger partial charge is 0.0769 e. The van der Waals surface area contributed by atoms with Crippen molar-refractivity contribution in [2.45, 2.75) is 6.54 Å². The lowest BCUT2D eigenvalue weighted by molar-refractivity contribution is 0.731. The minimum atomic E-state index is 0.708. The Morgan fingerprint density at radius 3 is 2.65 bits per heavy atom. The summed E-state index contributed by atoms with van der Waals surface area (Å²) in [6.45, 7) is 5.52. The number of nitrogens with one attached hydrogen (secondary N) is 1. The topological polar surface area (TPSA) is 37.8 Å². The number of rotatable bonds is 5. The number of hydrogen-bond acceptors (Lipinski definition) is 3. The average Bonchev–Trinajstić information content (AvgIpc) is 2.41. The Bertz CT molecular complexity index is 465. The van der Waals surface area contributed by atoms with Crippen molar-refractivity contribution in [3.8, 4) is 0 Å². The molecule has 0 saturated heterocycles. The molecule has 0 bridgehead atoms. The molecular weight excluding hydrogens is 210 g/mol. The molecule has 17 heavy (non-hydrogen) atoms. The first-order chi connectivity index (χ1) is 8.36. The Morgan fingerprint density at radius 1 is 1.12 bits per heavy atom. The number of nitrogens with zero attached hydrogens (tertiary/aromatic N) is 2. The van der Waals surface area contributed by atoms with Gasteiger partial charge in [0.2, 0.25) is 0 Å². The third-order valence-electron chi connectivity index (χ3n) is 2.45. The van der Waals surface area contributed by atoms with E-state index in [1.807, 2.05) is 30.3 Å². The first kappa shape index (κ1) is 11.5. The molecule has 1 aromatic heterocycles. The molecule has 3 nitrogen and oxygen atoms in total. The Hall–Kier alpha value is -2.00. The minimum absolute atomic E-state index is 0.708. The molecule has 86 valence electrons. The van der Waals surface area contributed by atoms with Crippen molar-refractivity contribution in [1.29, 1.82) is 0 Å². The van der Waals surface area contributed by atoms with Crippen molar-refractivity contribution in [1.82, 2.24) is 15.5 Å². The summed E-state index contributed by atoms with van der Waals surface area (Å²) in [6.07, 6.45) is 1.67. The van der Waals surface area contributed by atoms with Gasteiger partial charge in [0, 0.05) is 19.3 Å². The average molecular weight is 225 g/mol. The van der Waals surface area contributed by atoms with Gasteiger partial charge in [0.25, 0.3) is 0 Å². The van der Waals surface area contributed by atoms with Crippen LogP contribution in [0.15, 0.2) is 55.2 Å². The van der Waals surface area contributed by atoms with Gasteiger partial charge in [0.15, 0.2) is 0 Å². The summed E-state index contributed by atoms with van der Waals surface area (Å²) < 4.78 is 0. The van der Waals surface area contributed by atoms with E-state index in [0.717, 1.165) is 17.8 Å². The molecule has 0 radical (unpaired) electrons. The van der Waals surface area contributed by atoms with Crippen molar-refractivity contribution in [2.24, 2.45) is 0 Å². The highest BCUT2D eigenvalue weighted by Crippen LogP contribution is 2.09. The van der Waals surface area contributed by atoms with Crippen molar-refractivity contribution in [3.05, 3.63) is 66.5 Å². The highest BCUT2D eigenvalue weighted by molar-refractivity contribution is 5.64. The van der Waals surface area contributed by atoms with Crippen LogP contribution in [0.4, 0.5) is 0 Å². The Labute approximate surface area is 101 Å². The van der Waals surface area contributed by atoms with Gasteiger partial charge < -0.3 is 5.32 Å². The van der Waals surface area contributed by atoms with Crippen LogP contribution >= 0.6 is 0 Å². The van der Waals surface area contributed by atoms with Crippen LogP contribution in [-0.2, 0) is 6.54 Å². The summed E-state index contributed by atoms with van der Waals surface area (Å²) in [7, 11) is 0. The fraction of sp³-hybridized carbons (Fsp3) is 0.143. The van der Waals surface area contributed by atoms with Gasteiger partial charge in [-0.25, -0.2) is 0 Å². The van der Waals surface area contributed by atoms with Gasteiger partial charge in [-0.15, -0.1) is 0 Å². The zero-order chi connectivity index (χ0) is 11.9. The summed E-state index contributed by atoms with van der Waals surface area (Å²) in [5, 5.41) is 11.1. The van der Waals surface area contributed by atoms with Gasteiger partial charge >= 0.3 is 0 Å². The fourth-order valence-electron chi connectivity index (χ4n) is 1.55. The van der Waals surface area contributed by atoms with Crippen molar-refractivity contribution < 1.29 is 0 Å². The van der Waals surface area contributed by atoms with E-state index in [2.05, 4.69) is 34.2 Å². The molecule has 0 atom stereocenters. The monoisotopic (exact) mass is 225 g/mol. The Morgan fingerprint density at radius 2 is 1.94 bits per heavy atom. The molecule has 0 fully saturated rings. The van der Waals surface area contributed by atoms with Crippen molar-refractivity contribution in [2.75, 3.05) is 6.54 Å². The highest BCUT2D eigenvalue weighted by atomic mass is 15.1. The van der Waals surface area contributed by atoms with Crippen LogP contribution < -0.4 is 5.32 Å². The molecule has 0 aliphatic heterocycles. The largest absolute Gasteiger partial charge is 0.307 e. The fourth-order valence-corrected chi connectivity index (χ4v) is 1.55. The molecule has 1 heterocycles. The lowest BCUT2D eigenvalue weighted by Crippen LogP contribution is -2.16. The zero-order valence-corrected chi connectivity index (χ0v) is 9.63. The molecule has 1 N–H and O–H groups in total. The molecule has 0 aliphatic rings. The van der Waals surface area contributed by atoms with Gasteiger partial charge in [-0.2, -0.15) is 10.2 Å². The van der Waals surface area contributed by atoms with Crippen LogP contribution in [0.2, 0.25) is 0 Å². The van der Waals surface area contributed by atoms with E-state index >= 15 is 0 Å². The maximum Gasteiger partial charge on any atom is 0.0769 e. The van der Waals surface area contributed by atoms with E-state index in [-0.39, 0.29) is 0 Å². The molecule has 0 spiro atoms. The maximum absolute atomic E-state index is 4.06. The third-order valence-corrected chi connectivity index (χ3v) is 2.45. The van der Waals surface area contributed by atoms with Crippen LogP contribution in [0.5, 0.6) is 0 Å². The summed E-state index contributed by atoms with van der Waals surface area (Å²) in [6, 6.07) is 14.0. The Balaban J connectivity index is 1.82. The van der Waals surface area contributed by atoms with Gasteiger partial charge in [0.05, 0.1) is 5.69 Å². The Kier molecular flexibility index (Phi) is 4.00. The van der Waals surface area contributed by atoms with E-state index in [9.17, 15) is 0 Å². The molecule has 3 heteroatoms. The van der Waals surface area contributed by atoms with Gasteiger partial charge in [-0.05, 0) is 23.3 Å². The first-order valence-corrected chi connectivity index (χ1v) is 5.57. The summed E-state index contributed by atoms with van der Waals surface area (Å²) in [5.41, 5.74) is 3.18. The standard InChI is InChI=1S/C14H15N3/c1-12(13-6-3-2-4-7-13)10-15-11-14-8-5-9-16-17-14/h2-9,15H,1,10-11H2. The van der Waals surface area contributed by atoms with E-state index in [1.165, 1.54) is 5.56 Å². The zero-order valence-electron chi connectivity index (χ0n) is 9.63. The SMILES string of the molecule is C=C(CNCc1cccnn1)c1ccccc1. The molecule has 1 aromatic carbocycles. The van der Waals surface area contributed by atoms with Gasteiger partial charge in [-0.1, -0.05) is 36.9 Å². The maximum atomic E-state index is 4.06. The van der Waals surface area contributed by atoms with E-state index in [0.29, 0.717) is 6.54 Å². The molecule has 2 aromatic rings. The minimum Gasteiger partial charge on any atom is -0.307 e. The van der Waals surface area contributed by atoms with Crippen LogP contribution in [0, 0.1) is 0 Å². The first-order valence-electron chi connectivity index (χ1n) is 5.57. The van der Waals surface area contributed by atoms with Crippen LogP contribution in [0.25, 0.3) is 5.57 Å². The summed E-state index contributed by atoms with van der Waals surface area (Å²) in [4.78, 5) is 0. The second kappa shape index (κ2) is 5.92. The lowest BCUT2D eigenvalue weighted by atomic mass is 10.1. The normalized spacial score (nSPS) is 10.1. The van der Waals surface area contributed by atoms with Crippen molar-refractivity contribution >= 4 is 5.57 Å². The predicted octanol–water partition coefficient (Wildman–Crippen LogP) is 2.28. The molecule has 0 unspecified atom stereocenters. The molecule has 0 saturated carbocycles. The summed E-state index contributed by atoms with van der Waals surface area (Å²) >= 11 is 0. The second-order valence-corrected chi connectivity index (χ2v) is 3.79. The lowest BCUT2D eigenvalue weighted by Gasteiger charge is -2.07. The summed E-state index contributed by atoms with van der Waals surface area (Å²) in [5.74, 6) is 0. The van der Waals surface area contributed by atoms with Crippen LogP contribution in [-0.4, -0.2) is 16.7 Å². The highest BCUT2D eigenvalue weighted by Gasteiger charge is 1.98. The van der Waals surface area contributed by atoms with Gasteiger partial charge in [-0.3, -0.25) is 0 Å². The molecule has 0 amide bonds. The third kappa shape index (κ3) is 3.50. The quantitative estimate of drug-likeness (QED) is 0.848. The predicted molar refractivity (Wildman–Crippen MR) is 69.2 cm³/mol. The molecular formula is C14H15N3. The van der Waals surface area contributed by atoms with Crippen LogP contribution in [0.3, 0.4) is 0 Å². The number of aromatic nitrogens is 2. The number of benzene rings is 1. The van der Waals surface area contributed by atoms with Crippen molar-refractivity contribution in [3.63, 3.8) is 0 Å². The molecule has 2 rings (SSSR count). The van der Waals surface area contributed by atoms with E-state index in [1.54, 1.807) is 6.20 Å². The molecule has 0 aliphatic carbocycles. The van der Waals surface area contributed by atoms with E-state index < -0.39 is 0 Å². The van der Waals surface area contributed by atoms with Crippen LogP contribution in [0.1, 0.15) is 11.3 Å².